The molecular formula is C35H44N10O4. The van der Waals surface area contributed by atoms with Crippen LogP contribution in [0.3, 0.4) is 0 Å². The van der Waals surface area contributed by atoms with Crippen molar-refractivity contribution in [3.8, 4) is 28.8 Å². The second kappa shape index (κ2) is 15.8. The van der Waals surface area contributed by atoms with Gasteiger partial charge in [0.15, 0.2) is 0 Å². The van der Waals surface area contributed by atoms with E-state index in [0.717, 1.165) is 88.2 Å². The highest BCUT2D eigenvalue weighted by molar-refractivity contribution is 5.67. The van der Waals surface area contributed by atoms with Crippen molar-refractivity contribution < 1.29 is 18.9 Å². The maximum Gasteiger partial charge on any atom is 0.256 e. The van der Waals surface area contributed by atoms with Crippen molar-refractivity contribution in [3.63, 3.8) is 0 Å². The smallest absolute Gasteiger partial charge is 0.256 e. The highest BCUT2D eigenvalue weighted by atomic mass is 16.5. The largest absolute Gasteiger partial charge is 0.487 e. The van der Waals surface area contributed by atoms with Crippen LogP contribution in [0.4, 0.5) is 11.6 Å². The summed E-state index contributed by atoms with van der Waals surface area (Å²) in [6, 6.07) is 8.62. The van der Waals surface area contributed by atoms with Crippen LogP contribution in [0.15, 0.2) is 49.4 Å². The molecule has 4 aromatic rings. The van der Waals surface area contributed by atoms with Crippen LogP contribution >= 0.6 is 0 Å². The Balaban J connectivity index is 1.04. The molecule has 3 aliphatic rings. The molecule has 2 atom stereocenters. The molecule has 0 bridgehead atoms. The molecule has 2 saturated heterocycles. The molecule has 0 radical (unpaired) electrons. The SMILES string of the molecule is CC(Cn1cncn1)Oc1cc(-c2cnc(Nc3cn([C@H]4CC[C@H](N5CCOCC5)CC4)nc3OCC3CCCOC3)nc2)ccc1C#N. The molecule has 1 saturated carbocycles. The van der Waals surface area contributed by atoms with E-state index < -0.39 is 0 Å². The average Bonchev–Trinajstić information content (AvgIpc) is 3.82. The van der Waals surface area contributed by atoms with Crippen molar-refractivity contribution in [2.75, 3.05) is 51.4 Å². The Labute approximate surface area is 286 Å². The molecule has 1 aliphatic carbocycles. The number of hydrogen-bond acceptors (Lipinski definition) is 12. The predicted molar refractivity (Wildman–Crippen MR) is 181 cm³/mol. The van der Waals surface area contributed by atoms with Gasteiger partial charge in [0.05, 0.1) is 50.8 Å². The van der Waals surface area contributed by atoms with E-state index in [-0.39, 0.29) is 6.10 Å². The normalized spacial score (nSPS) is 22.2. The van der Waals surface area contributed by atoms with E-state index in [4.69, 9.17) is 24.0 Å². The first-order valence-corrected chi connectivity index (χ1v) is 17.4. The minimum absolute atomic E-state index is 0.227. The number of nitrogens with one attached hydrogen (secondary N) is 1. The summed E-state index contributed by atoms with van der Waals surface area (Å²) < 4.78 is 27.5. The second-order valence-corrected chi connectivity index (χ2v) is 13.1. The molecule has 2 aliphatic heterocycles. The Hall–Kier alpha value is -4.58. The van der Waals surface area contributed by atoms with E-state index in [1.54, 1.807) is 29.5 Å². The minimum atomic E-state index is -0.227. The van der Waals surface area contributed by atoms with Crippen molar-refractivity contribution >= 4 is 11.6 Å². The van der Waals surface area contributed by atoms with Crippen molar-refractivity contribution in [2.24, 2.45) is 5.92 Å². The quantitative estimate of drug-likeness (QED) is 0.224. The minimum Gasteiger partial charge on any atom is -0.487 e. The fourth-order valence-electron chi connectivity index (χ4n) is 6.92. The highest BCUT2D eigenvalue weighted by Crippen LogP contribution is 2.35. The molecule has 0 spiro atoms. The molecule has 3 aromatic heterocycles. The van der Waals surface area contributed by atoms with Gasteiger partial charge in [0.2, 0.25) is 5.95 Å². The van der Waals surface area contributed by atoms with E-state index in [1.165, 1.54) is 6.33 Å². The summed E-state index contributed by atoms with van der Waals surface area (Å²) in [5.41, 5.74) is 2.83. The lowest BCUT2D eigenvalue weighted by molar-refractivity contribution is 0.00498. The van der Waals surface area contributed by atoms with Crippen molar-refractivity contribution in [1.29, 1.82) is 5.26 Å². The van der Waals surface area contributed by atoms with Gasteiger partial charge in [0, 0.05) is 49.6 Å². The van der Waals surface area contributed by atoms with E-state index in [2.05, 4.69) is 41.0 Å². The van der Waals surface area contributed by atoms with E-state index in [1.807, 2.05) is 25.3 Å². The first kappa shape index (κ1) is 32.9. The molecule has 2 unspecified atom stereocenters. The van der Waals surface area contributed by atoms with Crippen molar-refractivity contribution in [1.82, 2.24) is 39.4 Å². The zero-order chi connectivity index (χ0) is 33.4. The second-order valence-electron chi connectivity index (χ2n) is 13.1. The standard InChI is InChI=1S/C35H44N10O4/c1-25(19-44-24-37-23-40-44)49-33-15-27(4-5-28(33)16-36)29-17-38-35(39-18-29)41-32-20-45(42-34(32)48-22-26-3-2-12-47-21-26)31-8-6-30(7-9-31)43-10-13-46-14-11-43/h4-5,15,17-18,20,23-26,30-31H,2-3,6-14,19,21-22H2,1H3,(H,38,39,41)/t25?,26?,30-,31-. The lowest BCUT2D eigenvalue weighted by Gasteiger charge is -2.38. The third-order valence-corrected chi connectivity index (χ3v) is 9.58. The Kier molecular flexibility index (Phi) is 10.6. The fourth-order valence-corrected chi connectivity index (χ4v) is 6.92. The molecule has 3 fully saturated rings. The summed E-state index contributed by atoms with van der Waals surface area (Å²) in [5.74, 6) is 1.84. The van der Waals surface area contributed by atoms with Gasteiger partial charge in [-0.25, -0.2) is 19.6 Å². The molecule has 1 N–H and O–H groups in total. The van der Waals surface area contributed by atoms with Crippen LogP contribution in [0.25, 0.3) is 11.1 Å². The summed E-state index contributed by atoms with van der Waals surface area (Å²) in [4.78, 5) is 15.8. The van der Waals surface area contributed by atoms with Gasteiger partial charge in [0.1, 0.15) is 36.3 Å². The maximum atomic E-state index is 9.69. The number of rotatable bonds is 12. The van der Waals surface area contributed by atoms with Crippen LogP contribution in [0.5, 0.6) is 11.6 Å². The van der Waals surface area contributed by atoms with Crippen molar-refractivity contribution in [2.45, 2.75) is 70.2 Å². The Morgan fingerprint density at radius 2 is 1.84 bits per heavy atom. The molecule has 14 heteroatoms. The van der Waals surface area contributed by atoms with Gasteiger partial charge < -0.3 is 24.3 Å². The third-order valence-electron chi connectivity index (χ3n) is 9.58. The lowest BCUT2D eigenvalue weighted by Crippen LogP contribution is -2.45. The Bertz CT molecular complexity index is 1670. The monoisotopic (exact) mass is 668 g/mol. The van der Waals surface area contributed by atoms with Crippen LogP contribution in [-0.4, -0.2) is 97.7 Å². The van der Waals surface area contributed by atoms with E-state index >= 15 is 0 Å². The van der Waals surface area contributed by atoms with Gasteiger partial charge in [-0.05, 0) is 63.1 Å². The Morgan fingerprint density at radius 3 is 2.57 bits per heavy atom. The molecule has 5 heterocycles. The number of aromatic nitrogens is 7. The topological polar surface area (TPSA) is 150 Å². The highest BCUT2D eigenvalue weighted by Gasteiger charge is 2.29. The predicted octanol–water partition coefficient (Wildman–Crippen LogP) is 4.64. The zero-order valence-corrected chi connectivity index (χ0v) is 28.0. The third kappa shape index (κ3) is 8.36. The summed E-state index contributed by atoms with van der Waals surface area (Å²) >= 11 is 0. The number of benzene rings is 1. The van der Waals surface area contributed by atoms with Gasteiger partial charge in [-0.2, -0.15) is 10.4 Å². The van der Waals surface area contributed by atoms with Crippen LogP contribution in [0.1, 0.15) is 57.1 Å². The molecule has 49 heavy (non-hydrogen) atoms. The molecule has 7 rings (SSSR count). The van der Waals surface area contributed by atoms with Gasteiger partial charge in [-0.1, -0.05) is 6.07 Å². The zero-order valence-electron chi connectivity index (χ0n) is 28.0. The molecule has 1 aromatic carbocycles. The number of ether oxygens (including phenoxy) is 4. The first-order chi connectivity index (χ1) is 24.1. The summed E-state index contributed by atoms with van der Waals surface area (Å²) in [7, 11) is 0. The number of nitriles is 1. The maximum absolute atomic E-state index is 9.69. The number of nitrogens with zero attached hydrogens (tertiary/aromatic N) is 9. The fraction of sp³-hybridized carbons (Fsp3) is 0.543. The molecule has 0 amide bonds. The average molecular weight is 669 g/mol. The van der Waals surface area contributed by atoms with E-state index in [9.17, 15) is 5.26 Å². The molecular weight excluding hydrogens is 624 g/mol. The number of hydrogen-bond donors (Lipinski definition) is 1. The van der Waals surface area contributed by atoms with Gasteiger partial charge >= 0.3 is 0 Å². The Morgan fingerprint density at radius 1 is 1.02 bits per heavy atom. The molecule has 258 valence electrons. The summed E-state index contributed by atoms with van der Waals surface area (Å²) in [6.45, 7) is 8.23. The van der Waals surface area contributed by atoms with E-state index in [0.29, 0.717) is 60.9 Å². The number of morpholine rings is 1. The lowest BCUT2D eigenvalue weighted by atomic mass is 9.90. The van der Waals surface area contributed by atoms with Gasteiger partial charge in [-0.3, -0.25) is 9.58 Å². The van der Waals surface area contributed by atoms with Crippen LogP contribution in [-0.2, 0) is 16.0 Å². The van der Waals surface area contributed by atoms with Crippen LogP contribution in [0, 0.1) is 17.2 Å². The summed E-state index contributed by atoms with van der Waals surface area (Å²) in [5, 5.41) is 22.1. The van der Waals surface area contributed by atoms with Crippen LogP contribution < -0.4 is 14.8 Å². The van der Waals surface area contributed by atoms with Gasteiger partial charge in [-0.15, -0.1) is 5.10 Å². The van der Waals surface area contributed by atoms with Crippen LogP contribution in [0.2, 0.25) is 0 Å². The van der Waals surface area contributed by atoms with Gasteiger partial charge in [0.25, 0.3) is 5.88 Å². The first-order valence-electron chi connectivity index (χ1n) is 17.4. The molecule has 14 nitrogen and oxygen atoms in total. The summed E-state index contributed by atoms with van der Waals surface area (Å²) in [6.07, 6.45) is 15.0. The number of anilines is 2. The van der Waals surface area contributed by atoms with Crippen molar-refractivity contribution in [3.05, 3.63) is 55.0 Å².